The van der Waals surface area contributed by atoms with Crippen molar-refractivity contribution in [1.82, 2.24) is 0 Å². The highest BCUT2D eigenvalue weighted by Gasteiger charge is 2.53. The van der Waals surface area contributed by atoms with Crippen LogP contribution in [0.15, 0.2) is 0 Å². The standard InChI is InChI=1S/C19H34O15/c1-5-8(22)10(24)12(26)18(30-5)34-16-14(28)17(29-2)32-7(4-21)15(16)33-19-13(27)11(25)9(23)6(3-20)31-19/h5-28H,3-4H2,1-2H3/t5-,6+,7+,8+,9-,10+,11-,12-,13+,14+,15+,16+,17-,18-,19-/m0/s1. The van der Waals surface area contributed by atoms with Crippen LogP contribution >= 0.6 is 0 Å². The molecule has 3 heterocycles. The lowest BCUT2D eigenvalue weighted by molar-refractivity contribution is -0.384. The van der Waals surface area contributed by atoms with Crippen molar-refractivity contribution in [3.05, 3.63) is 0 Å². The largest absolute Gasteiger partial charge is 0.394 e. The molecular formula is C19H34O15. The van der Waals surface area contributed by atoms with E-state index in [9.17, 15) is 46.0 Å². The number of ether oxygens (including phenoxy) is 6. The maximum absolute atomic E-state index is 10.8. The molecular weight excluding hydrogens is 468 g/mol. The summed E-state index contributed by atoms with van der Waals surface area (Å²) in [5.74, 6) is 0. The van der Waals surface area contributed by atoms with Crippen molar-refractivity contribution in [2.75, 3.05) is 20.3 Å². The van der Waals surface area contributed by atoms with Crippen LogP contribution < -0.4 is 0 Å². The predicted octanol–water partition coefficient (Wildman–Crippen LogP) is -5.89. The van der Waals surface area contributed by atoms with Gasteiger partial charge in [0.15, 0.2) is 18.9 Å². The second kappa shape index (κ2) is 11.6. The number of aliphatic hydroxyl groups is 9. The molecule has 0 spiro atoms. The molecule has 3 aliphatic rings. The van der Waals surface area contributed by atoms with Gasteiger partial charge >= 0.3 is 0 Å². The first kappa shape index (κ1) is 28.0. The van der Waals surface area contributed by atoms with Crippen LogP contribution in [0.1, 0.15) is 6.92 Å². The van der Waals surface area contributed by atoms with Gasteiger partial charge < -0.3 is 74.4 Å². The Hall–Kier alpha value is -0.600. The van der Waals surface area contributed by atoms with Crippen molar-refractivity contribution >= 4 is 0 Å². The van der Waals surface area contributed by atoms with E-state index in [0.717, 1.165) is 0 Å². The third kappa shape index (κ3) is 5.39. The lowest BCUT2D eigenvalue weighted by atomic mass is 9.96. The topological polar surface area (TPSA) is 237 Å². The Morgan fingerprint density at radius 2 is 1.06 bits per heavy atom. The van der Waals surface area contributed by atoms with Crippen LogP contribution in [0.5, 0.6) is 0 Å². The third-order valence-electron chi connectivity index (χ3n) is 6.27. The lowest BCUT2D eigenvalue weighted by Crippen LogP contribution is -2.67. The van der Waals surface area contributed by atoms with Gasteiger partial charge in [0.1, 0.15) is 67.1 Å². The summed E-state index contributed by atoms with van der Waals surface area (Å²) in [6.07, 6.45) is -22.6. The van der Waals surface area contributed by atoms with Crippen molar-refractivity contribution in [3.63, 3.8) is 0 Å². The number of aliphatic hydroxyl groups excluding tert-OH is 9. The second-order valence-corrected chi connectivity index (χ2v) is 8.53. The van der Waals surface area contributed by atoms with Crippen molar-refractivity contribution < 1.29 is 74.4 Å². The molecule has 34 heavy (non-hydrogen) atoms. The minimum absolute atomic E-state index is 0.694. The Morgan fingerprint density at radius 3 is 1.62 bits per heavy atom. The molecule has 15 heteroatoms. The SMILES string of the molecule is CO[C@H]1O[C@H](CO)[C@@H](O[C@@H]2O[C@H](CO)[C@H](O)[C@H](O)[C@H]2O)[C@H](O[C@@H]2O[C@@H](C)[C@@H](O)[C@@H](O)[C@@H]2O)[C@H]1O. The van der Waals surface area contributed by atoms with Gasteiger partial charge in [0.05, 0.1) is 19.3 Å². The zero-order chi connectivity index (χ0) is 25.3. The first-order valence-electron chi connectivity index (χ1n) is 10.8. The van der Waals surface area contributed by atoms with E-state index in [1.54, 1.807) is 0 Å². The Bertz CT molecular complexity index is 639. The fourth-order valence-electron chi connectivity index (χ4n) is 4.17. The smallest absolute Gasteiger partial charge is 0.187 e. The molecule has 0 saturated carbocycles. The Labute approximate surface area is 194 Å². The van der Waals surface area contributed by atoms with Gasteiger partial charge in [-0.15, -0.1) is 0 Å². The van der Waals surface area contributed by atoms with E-state index in [2.05, 4.69) is 0 Å². The second-order valence-electron chi connectivity index (χ2n) is 8.53. The molecule has 0 radical (unpaired) electrons. The Balaban J connectivity index is 1.86. The fourth-order valence-corrected chi connectivity index (χ4v) is 4.17. The first-order chi connectivity index (χ1) is 16.0. The summed E-state index contributed by atoms with van der Waals surface area (Å²) in [6.45, 7) is 0.0111. The highest BCUT2D eigenvalue weighted by Crippen LogP contribution is 2.33. The maximum Gasteiger partial charge on any atom is 0.187 e. The normalized spacial score (nSPS) is 52.5. The van der Waals surface area contributed by atoms with E-state index in [0.29, 0.717) is 0 Å². The van der Waals surface area contributed by atoms with Gasteiger partial charge in [0.2, 0.25) is 0 Å². The van der Waals surface area contributed by atoms with Crippen molar-refractivity contribution in [1.29, 1.82) is 0 Å². The summed E-state index contributed by atoms with van der Waals surface area (Å²) in [4.78, 5) is 0. The van der Waals surface area contributed by atoms with Crippen molar-refractivity contribution in [2.45, 2.75) is 99.0 Å². The zero-order valence-electron chi connectivity index (χ0n) is 18.5. The van der Waals surface area contributed by atoms with Crippen LogP contribution in [0.2, 0.25) is 0 Å². The van der Waals surface area contributed by atoms with Crippen LogP contribution in [0.3, 0.4) is 0 Å². The summed E-state index contributed by atoms with van der Waals surface area (Å²) >= 11 is 0. The predicted molar refractivity (Wildman–Crippen MR) is 105 cm³/mol. The number of methoxy groups -OCH3 is 1. The molecule has 3 aliphatic heterocycles. The van der Waals surface area contributed by atoms with Gasteiger partial charge in [-0.25, -0.2) is 0 Å². The molecule has 0 aliphatic carbocycles. The first-order valence-corrected chi connectivity index (χ1v) is 10.8. The third-order valence-corrected chi connectivity index (χ3v) is 6.27. The minimum atomic E-state index is -1.80. The molecule has 0 aromatic heterocycles. The summed E-state index contributed by atoms with van der Waals surface area (Å²) in [5.41, 5.74) is 0. The monoisotopic (exact) mass is 502 g/mol. The molecule has 3 saturated heterocycles. The van der Waals surface area contributed by atoms with Crippen LogP contribution in [-0.2, 0) is 28.4 Å². The molecule has 0 bridgehead atoms. The minimum Gasteiger partial charge on any atom is -0.394 e. The van der Waals surface area contributed by atoms with E-state index in [1.807, 2.05) is 0 Å². The van der Waals surface area contributed by atoms with Crippen LogP contribution in [0.25, 0.3) is 0 Å². The van der Waals surface area contributed by atoms with E-state index < -0.39 is 105 Å². The van der Waals surface area contributed by atoms with Gasteiger partial charge in [-0.1, -0.05) is 0 Å². The van der Waals surface area contributed by atoms with E-state index in [4.69, 9.17) is 28.4 Å². The highest BCUT2D eigenvalue weighted by molar-refractivity contribution is 4.96. The van der Waals surface area contributed by atoms with E-state index in [1.165, 1.54) is 14.0 Å². The van der Waals surface area contributed by atoms with E-state index >= 15 is 0 Å². The van der Waals surface area contributed by atoms with Crippen LogP contribution in [0, 0.1) is 0 Å². The maximum atomic E-state index is 10.8. The number of hydrogen-bond acceptors (Lipinski definition) is 15. The lowest BCUT2D eigenvalue weighted by Gasteiger charge is -2.48. The molecule has 15 atom stereocenters. The van der Waals surface area contributed by atoms with E-state index in [-0.39, 0.29) is 0 Å². The van der Waals surface area contributed by atoms with Crippen LogP contribution in [0.4, 0.5) is 0 Å². The fraction of sp³-hybridized carbons (Fsp3) is 1.00. The number of rotatable bonds is 7. The average molecular weight is 502 g/mol. The molecule has 0 unspecified atom stereocenters. The zero-order valence-corrected chi connectivity index (χ0v) is 18.5. The average Bonchev–Trinajstić information content (AvgIpc) is 2.83. The summed E-state index contributed by atoms with van der Waals surface area (Å²) < 4.78 is 32.7. The van der Waals surface area contributed by atoms with Gasteiger partial charge in [-0.05, 0) is 6.92 Å². The quantitative estimate of drug-likeness (QED) is 0.157. The van der Waals surface area contributed by atoms with Crippen molar-refractivity contribution in [3.8, 4) is 0 Å². The molecule has 3 fully saturated rings. The molecule has 0 aromatic rings. The molecule has 3 rings (SSSR count). The van der Waals surface area contributed by atoms with Gasteiger partial charge in [-0.3, -0.25) is 0 Å². The molecule has 9 N–H and O–H groups in total. The summed E-state index contributed by atoms with van der Waals surface area (Å²) in [6, 6.07) is 0. The van der Waals surface area contributed by atoms with Gasteiger partial charge in [0.25, 0.3) is 0 Å². The van der Waals surface area contributed by atoms with Gasteiger partial charge in [-0.2, -0.15) is 0 Å². The summed E-state index contributed by atoms with van der Waals surface area (Å²) in [5, 5.41) is 90.7. The Morgan fingerprint density at radius 1 is 0.559 bits per heavy atom. The molecule has 0 aromatic carbocycles. The van der Waals surface area contributed by atoms with Crippen LogP contribution in [-0.4, -0.2) is 158 Å². The summed E-state index contributed by atoms with van der Waals surface area (Å²) in [7, 11) is 1.21. The molecule has 200 valence electrons. The molecule has 15 nitrogen and oxygen atoms in total. The Kier molecular flexibility index (Phi) is 9.57. The molecule has 0 amide bonds. The number of hydrogen-bond donors (Lipinski definition) is 9. The van der Waals surface area contributed by atoms with Crippen molar-refractivity contribution in [2.24, 2.45) is 0 Å². The highest BCUT2D eigenvalue weighted by atomic mass is 16.8. The van der Waals surface area contributed by atoms with Gasteiger partial charge in [0, 0.05) is 7.11 Å².